The molecule has 3 heteroatoms. The number of carbonyl (C=O) groups excluding carboxylic acids is 1. The molecule has 0 bridgehead atoms. The van der Waals surface area contributed by atoms with Crippen molar-refractivity contribution in [2.24, 2.45) is 0 Å². The fourth-order valence-corrected chi connectivity index (χ4v) is 1.87. The summed E-state index contributed by atoms with van der Waals surface area (Å²) < 4.78 is 0.826. The molecule has 0 N–H and O–H groups in total. The first-order valence-corrected chi connectivity index (χ1v) is 4.56. The highest BCUT2D eigenvalue weighted by Gasteiger charge is 2.10. The average Bonchev–Trinajstić information content (AvgIpc) is 2.01. The minimum Gasteiger partial charge on any atom is -0.294 e. The maximum absolute atomic E-state index is 11.2. The maximum Gasteiger partial charge on any atom is 0.161 e. The molecule has 0 spiro atoms. The van der Waals surface area contributed by atoms with Gasteiger partial charge in [-0.3, -0.25) is 4.79 Å². The molecule has 0 unspecified atom stereocenters. The van der Waals surface area contributed by atoms with E-state index in [1.807, 2.05) is 19.1 Å². The zero-order chi connectivity index (χ0) is 10.0. The molecule has 0 saturated heterocycles. The summed E-state index contributed by atoms with van der Waals surface area (Å²) in [6.07, 6.45) is 0. The second-order valence-electron chi connectivity index (χ2n) is 2.81. The maximum atomic E-state index is 11.2. The SMILES string of the molecule is CC(=O)c1c(C)cc(Br)cc1C#N. The first-order chi connectivity index (χ1) is 6.06. The van der Waals surface area contributed by atoms with Crippen molar-refractivity contribution in [3.8, 4) is 6.07 Å². The van der Waals surface area contributed by atoms with Gasteiger partial charge in [-0.15, -0.1) is 0 Å². The number of carbonyl (C=O) groups is 1. The number of hydrogen-bond donors (Lipinski definition) is 0. The predicted octanol–water partition coefficient (Wildman–Crippen LogP) is 2.83. The van der Waals surface area contributed by atoms with E-state index in [2.05, 4.69) is 15.9 Å². The van der Waals surface area contributed by atoms with E-state index < -0.39 is 0 Å². The van der Waals surface area contributed by atoms with Gasteiger partial charge in [-0.05, 0) is 31.5 Å². The fraction of sp³-hybridized carbons (Fsp3) is 0.200. The smallest absolute Gasteiger partial charge is 0.161 e. The van der Waals surface area contributed by atoms with Crippen molar-refractivity contribution < 1.29 is 4.79 Å². The Hall–Kier alpha value is -1.14. The van der Waals surface area contributed by atoms with Crippen molar-refractivity contribution in [2.75, 3.05) is 0 Å². The summed E-state index contributed by atoms with van der Waals surface area (Å²) in [5.41, 5.74) is 1.78. The molecular formula is C10H8BrNO. The van der Waals surface area contributed by atoms with E-state index in [4.69, 9.17) is 5.26 Å². The van der Waals surface area contributed by atoms with Gasteiger partial charge in [-0.1, -0.05) is 15.9 Å². The topological polar surface area (TPSA) is 40.9 Å². The van der Waals surface area contributed by atoms with Crippen LogP contribution in [-0.4, -0.2) is 5.78 Å². The van der Waals surface area contributed by atoms with Crippen molar-refractivity contribution >= 4 is 21.7 Å². The summed E-state index contributed by atoms with van der Waals surface area (Å²) in [6, 6.07) is 5.50. The molecular weight excluding hydrogens is 230 g/mol. The molecule has 13 heavy (non-hydrogen) atoms. The van der Waals surface area contributed by atoms with E-state index in [0.717, 1.165) is 10.0 Å². The molecule has 1 aromatic carbocycles. The fourth-order valence-electron chi connectivity index (χ4n) is 1.30. The summed E-state index contributed by atoms with van der Waals surface area (Å²) in [7, 11) is 0. The number of aryl methyl sites for hydroxylation is 1. The Kier molecular flexibility index (Phi) is 2.84. The number of ketones is 1. The van der Waals surface area contributed by atoms with Gasteiger partial charge in [0, 0.05) is 10.0 Å². The van der Waals surface area contributed by atoms with Gasteiger partial charge in [-0.25, -0.2) is 0 Å². The lowest BCUT2D eigenvalue weighted by atomic mass is 10.00. The Bertz CT molecular complexity index is 404. The van der Waals surface area contributed by atoms with Gasteiger partial charge in [-0.2, -0.15) is 5.26 Å². The molecule has 0 saturated carbocycles. The number of rotatable bonds is 1. The van der Waals surface area contributed by atoms with Crippen molar-refractivity contribution in [3.63, 3.8) is 0 Å². The van der Waals surface area contributed by atoms with Gasteiger partial charge in [0.25, 0.3) is 0 Å². The summed E-state index contributed by atoms with van der Waals surface area (Å²) in [6.45, 7) is 3.29. The Labute approximate surface area is 85.3 Å². The Balaban J connectivity index is 3.50. The molecule has 0 aliphatic rings. The van der Waals surface area contributed by atoms with Crippen molar-refractivity contribution in [1.29, 1.82) is 5.26 Å². The molecule has 0 atom stereocenters. The van der Waals surface area contributed by atoms with Gasteiger partial charge in [0.1, 0.15) is 0 Å². The minimum absolute atomic E-state index is 0.0680. The van der Waals surface area contributed by atoms with Gasteiger partial charge in [0.15, 0.2) is 5.78 Å². The van der Waals surface area contributed by atoms with Crippen LogP contribution in [-0.2, 0) is 0 Å². The van der Waals surface area contributed by atoms with E-state index in [1.54, 1.807) is 6.07 Å². The van der Waals surface area contributed by atoms with E-state index in [1.165, 1.54) is 6.92 Å². The van der Waals surface area contributed by atoms with E-state index in [9.17, 15) is 4.79 Å². The minimum atomic E-state index is -0.0680. The normalized spacial score (nSPS) is 9.38. The lowest BCUT2D eigenvalue weighted by Crippen LogP contribution is -2.00. The molecule has 0 aliphatic carbocycles. The molecule has 1 rings (SSSR count). The largest absolute Gasteiger partial charge is 0.294 e. The third kappa shape index (κ3) is 1.96. The Morgan fingerprint density at radius 2 is 2.15 bits per heavy atom. The Morgan fingerprint density at radius 1 is 1.54 bits per heavy atom. The van der Waals surface area contributed by atoms with E-state index in [0.29, 0.717) is 11.1 Å². The van der Waals surface area contributed by atoms with Crippen LogP contribution in [0.3, 0.4) is 0 Å². The van der Waals surface area contributed by atoms with Gasteiger partial charge in [0.2, 0.25) is 0 Å². The third-order valence-corrected chi connectivity index (χ3v) is 2.23. The highest BCUT2D eigenvalue weighted by atomic mass is 79.9. The van der Waals surface area contributed by atoms with Crippen molar-refractivity contribution in [1.82, 2.24) is 0 Å². The number of nitriles is 1. The van der Waals surface area contributed by atoms with Gasteiger partial charge >= 0.3 is 0 Å². The Morgan fingerprint density at radius 3 is 2.62 bits per heavy atom. The molecule has 0 aliphatic heterocycles. The van der Waals surface area contributed by atoms with E-state index >= 15 is 0 Å². The third-order valence-electron chi connectivity index (χ3n) is 1.77. The van der Waals surface area contributed by atoms with Crippen LogP contribution in [0.5, 0.6) is 0 Å². The number of Topliss-reactive ketones (excluding diaryl/α,β-unsaturated/α-hetero) is 1. The summed E-state index contributed by atoms with van der Waals surface area (Å²) >= 11 is 3.27. The van der Waals surface area contributed by atoms with Crippen LogP contribution in [0, 0.1) is 18.3 Å². The summed E-state index contributed by atoms with van der Waals surface area (Å²) in [4.78, 5) is 11.2. The summed E-state index contributed by atoms with van der Waals surface area (Å²) in [5.74, 6) is -0.0680. The van der Waals surface area contributed by atoms with Crippen LogP contribution in [0.15, 0.2) is 16.6 Å². The van der Waals surface area contributed by atoms with Crippen LogP contribution in [0.1, 0.15) is 28.4 Å². The first kappa shape index (κ1) is 9.94. The first-order valence-electron chi connectivity index (χ1n) is 3.77. The van der Waals surface area contributed by atoms with Crippen LogP contribution < -0.4 is 0 Å². The van der Waals surface area contributed by atoms with Crippen LogP contribution in [0.25, 0.3) is 0 Å². The molecule has 0 heterocycles. The quantitative estimate of drug-likeness (QED) is 0.706. The van der Waals surface area contributed by atoms with Gasteiger partial charge < -0.3 is 0 Å². The standard InChI is InChI=1S/C10H8BrNO/c1-6-3-9(11)4-8(5-12)10(6)7(2)13/h3-4H,1-2H3. The molecule has 0 radical (unpaired) electrons. The lowest BCUT2D eigenvalue weighted by Gasteiger charge is -2.04. The molecule has 2 nitrogen and oxygen atoms in total. The second kappa shape index (κ2) is 3.71. The molecule has 0 aromatic heterocycles. The number of nitrogens with zero attached hydrogens (tertiary/aromatic N) is 1. The predicted molar refractivity (Wildman–Crippen MR) is 53.6 cm³/mol. The molecule has 0 fully saturated rings. The molecule has 1 aromatic rings. The lowest BCUT2D eigenvalue weighted by molar-refractivity contribution is 0.101. The molecule has 0 amide bonds. The number of benzene rings is 1. The summed E-state index contributed by atoms with van der Waals surface area (Å²) in [5, 5.41) is 8.79. The van der Waals surface area contributed by atoms with Crippen LogP contribution >= 0.6 is 15.9 Å². The zero-order valence-corrected chi connectivity index (χ0v) is 8.97. The second-order valence-corrected chi connectivity index (χ2v) is 3.73. The van der Waals surface area contributed by atoms with Crippen molar-refractivity contribution in [3.05, 3.63) is 33.3 Å². The van der Waals surface area contributed by atoms with E-state index in [-0.39, 0.29) is 5.78 Å². The van der Waals surface area contributed by atoms with Gasteiger partial charge in [0.05, 0.1) is 11.6 Å². The highest BCUT2D eigenvalue weighted by Crippen LogP contribution is 2.20. The molecule has 66 valence electrons. The monoisotopic (exact) mass is 237 g/mol. The highest BCUT2D eigenvalue weighted by molar-refractivity contribution is 9.10. The zero-order valence-electron chi connectivity index (χ0n) is 7.39. The van der Waals surface area contributed by atoms with Crippen molar-refractivity contribution in [2.45, 2.75) is 13.8 Å². The average molecular weight is 238 g/mol. The number of halogens is 1. The van der Waals surface area contributed by atoms with Crippen LogP contribution in [0.2, 0.25) is 0 Å². The number of hydrogen-bond acceptors (Lipinski definition) is 2. The van der Waals surface area contributed by atoms with Crippen LogP contribution in [0.4, 0.5) is 0 Å².